The molecule has 1 heterocycles. The monoisotopic (exact) mass is 355 g/mol. The number of carbonyl (C=O) groups excluding carboxylic acids is 1. The quantitative estimate of drug-likeness (QED) is 0.377. The second kappa shape index (κ2) is 10.1. The van der Waals surface area contributed by atoms with Crippen LogP contribution in [0.3, 0.4) is 0 Å². The van der Waals surface area contributed by atoms with Gasteiger partial charge in [-0.3, -0.25) is 4.79 Å². The number of esters is 1. The number of aliphatic hydroxyl groups excluding tert-OH is 1. The molecule has 1 aromatic carbocycles. The van der Waals surface area contributed by atoms with Gasteiger partial charge in [0.1, 0.15) is 11.9 Å². The number of hydrogen-bond donors (Lipinski definition) is 1. The predicted octanol–water partition coefficient (Wildman–Crippen LogP) is 5.28. The summed E-state index contributed by atoms with van der Waals surface area (Å²) in [4.78, 5) is 16.2. The number of rotatable bonds is 9. The van der Waals surface area contributed by atoms with Crippen molar-refractivity contribution in [3.05, 3.63) is 47.7 Å². The normalized spacial score (nSPS) is 12.6. The van der Waals surface area contributed by atoms with Gasteiger partial charge in [-0.15, -0.1) is 0 Å². The number of allylic oxidation sites excluding steroid dienone is 1. The van der Waals surface area contributed by atoms with Crippen LogP contribution < -0.4 is 4.74 Å². The lowest BCUT2D eigenvalue weighted by Gasteiger charge is -2.17. The highest BCUT2D eigenvalue weighted by atomic mass is 16.5. The molecule has 2 aromatic rings. The number of aliphatic hydroxyl groups is 1. The lowest BCUT2D eigenvalue weighted by atomic mass is 10.0. The van der Waals surface area contributed by atoms with Crippen LogP contribution in [0.2, 0.25) is 0 Å². The minimum Gasteiger partial charge on any atom is -0.426 e. The zero-order valence-corrected chi connectivity index (χ0v) is 16.0. The van der Waals surface area contributed by atoms with Gasteiger partial charge in [-0.1, -0.05) is 57.4 Å². The van der Waals surface area contributed by atoms with Gasteiger partial charge in [0.2, 0.25) is 0 Å². The number of hydrogen-bond acceptors (Lipinski definition) is 4. The van der Waals surface area contributed by atoms with E-state index in [2.05, 4.69) is 11.9 Å². The molecule has 140 valence electrons. The average Bonchev–Trinajstić information content (AvgIpc) is 2.63. The first-order chi connectivity index (χ1) is 12.6. The van der Waals surface area contributed by atoms with Gasteiger partial charge in [0.05, 0.1) is 11.2 Å². The molecule has 0 aliphatic carbocycles. The Labute approximate surface area is 155 Å². The van der Waals surface area contributed by atoms with E-state index in [0.717, 1.165) is 23.8 Å². The third kappa shape index (κ3) is 5.15. The molecule has 2 rings (SSSR count). The molecule has 1 atom stereocenters. The van der Waals surface area contributed by atoms with Crippen LogP contribution in [0.4, 0.5) is 0 Å². The number of aromatic nitrogens is 1. The van der Waals surface area contributed by atoms with Crippen molar-refractivity contribution in [1.29, 1.82) is 0 Å². The van der Waals surface area contributed by atoms with Gasteiger partial charge in [-0.2, -0.15) is 0 Å². The first-order valence-corrected chi connectivity index (χ1v) is 9.53. The Hall–Kier alpha value is -2.20. The fraction of sp³-hybridized carbons (Fsp3) is 0.455. The molecule has 0 amide bonds. The van der Waals surface area contributed by atoms with Crippen molar-refractivity contribution in [2.45, 2.75) is 65.4 Å². The molecular formula is C22H29NO3. The molecule has 0 fully saturated rings. The zero-order chi connectivity index (χ0) is 18.9. The Kier molecular flexibility index (Phi) is 7.79. The topological polar surface area (TPSA) is 59.4 Å². The largest absolute Gasteiger partial charge is 0.426 e. The van der Waals surface area contributed by atoms with E-state index in [-0.39, 0.29) is 5.97 Å². The average molecular weight is 355 g/mol. The summed E-state index contributed by atoms with van der Waals surface area (Å²) in [6.45, 7) is 5.56. The molecule has 1 unspecified atom stereocenters. The highest BCUT2D eigenvalue weighted by Crippen LogP contribution is 2.34. The standard InChI is InChI=1S/C22H29NO3/c1-4-6-7-8-9-10-15-20(25)21-17(5-2)22(26-16(3)24)18-13-11-12-14-19(18)23-21/h10-15,20,25H,4-9H2,1-3H3/b15-10+. The lowest BCUT2D eigenvalue weighted by molar-refractivity contribution is -0.131. The molecule has 1 aromatic heterocycles. The third-order valence-corrected chi connectivity index (χ3v) is 4.40. The van der Waals surface area contributed by atoms with Crippen LogP contribution in [0, 0.1) is 0 Å². The summed E-state index contributed by atoms with van der Waals surface area (Å²) >= 11 is 0. The Bertz CT molecular complexity index is 767. The number of pyridine rings is 1. The van der Waals surface area contributed by atoms with Crippen LogP contribution in [0.25, 0.3) is 10.9 Å². The van der Waals surface area contributed by atoms with Crippen molar-refractivity contribution < 1.29 is 14.6 Å². The summed E-state index contributed by atoms with van der Waals surface area (Å²) < 4.78 is 5.50. The summed E-state index contributed by atoms with van der Waals surface area (Å²) in [5.41, 5.74) is 2.06. The first kappa shape index (κ1) is 20.1. The van der Waals surface area contributed by atoms with Gasteiger partial charge in [-0.05, 0) is 31.4 Å². The predicted molar refractivity (Wildman–Crippen MR) is 105 cm³/mol. The molecule has 1 N–H and O–H groups in total. The van der Waals surface area contributed by atoms with E-state index in [1.54, 1.807) is 6.08 Å². The summed E-state index contributed by atoms with van der Waals surface area (Å²) in [5.74, 6) is 0.138. The Morgan fingerprint density at radius 1 is 1.23 bits per heavy atom. The Morgan fingerprint density at radius 2 is 2.00 bits per heavy atom. The number of carbonyl (C=O) groups is 1. The van der Waals surface area contributed by atoms with Crippen molar-refractivity contribution in [3.8, 4) is 5.75 Å². The van der Waals surface area contributed by atoms with E-state index in [0.29, 0.717) is 23.4 Å². The minimum atomic E-state index is -0.810. The van der Waals surface area contributed by atoms with Gasteiger partial charge in [0.25, 0.3) is 0 Å². The van der Waals surface area contributed by atoms with E-state index in [1.165, 1.54) is 26.2 Å². The third-order valence-electron chi connectivity index (χ3n) is 4.40. The van der Waals surface area contributed by atoms with Gasteiger partial charge in [-0.25, -0.2) is 4.98 Å². The highest BCUT2D eigenvalue weighted by molar-refractivity contribution is 5.89. The van der Waals surface area contributed by atoms with Crippen LogP contribution in [0.1, 0.15) is 70.2 Å². The molecule has 0 bridgehead atoms. The number of fused-ring (bicyclic) bond motifs is 1. The van der Waals surface area contributed by atoms with Gasteiger partial charge in [0, 0.05) is 17.9 Å². The molecule has 0 aliphatic heterocycles. The lowest BCUT2D eigenvalue weighted by Crippen LogP contribution is -2.10. The molecule has 0 saturated carbocycles. The van der Waals surface area contributed by atoms with E-state index < -0.39 is 6.10 Å². The maximum absolute atomic E-state index is 11.6. The maximum atomic E-state index is 11.6. The van der Waals surface area contributed by atoms with Gasteiger partial charge < -0.3 is 9.84 Å². The highest BCUT2D eigenvalue weighted by Gasteiger charge is 2.20. The Morgan fingerprint density at radius 3 is 2.69 bits per heavy atom. The van der Waals surface area contributed by atoms with Crippen LogP contribution in [0.15, 0.2) is 36.4 Å². The molecule has 26 heavy (non-hydrogen) atoms. The molecular weight excluding hydrogens is 326 g/mol. The van der Waals surface area contributed by atoms with Crippen LogP contribution in [-0.2, 0) is 11.2 Å². The van der Waals surface area contributed by atoms with E-state index in [1.807, 2.05) is 37.3 Å². The van der Waals surface area contributed by atoms with E-state index >= 15 is 0 Å². The minimum absolute atomic E-state index is 0.372. The smallest absolute Gasteiger partial charge is 0.308 e. The van der Waals surface area contributed by atoms with Crippen LogP contribution >= 0.6 is 0 Å². The van der Waals surface area contributed by atoms with Crippen molar-refractivity contribution in [1.82, 2.24) is 4.98 Å². The van der Waals surface area contributed by atoms with Crippen molar-refractivity contribution in [2.24, 2.45) is 0 Å². The van der Waals surface area contributed by atoms with Gasteiger partial charge in [0.15, 0.2) is 0 Å². The number of nitrogens with zero attached hydrogens (tertiary/aromatic N) is 1. The molecule has 0 spiro atoms. The number of ether oxygens (including phenoxy) is 1. The molecule has 0 radical (unpaired) electrons. The molecule has 4 heteroatoms. The summed E-state index contributed by atoms with van der Waals surface area (Å²) in [7, 11) is 0. The summed E-state index contributed by atoms with van der Waals surface area (Å²) in [6.07, 6.45) is 9.36. The summed E-state index contributed by atoms with van der Waals surface area (Å²) in [5, 5.41) is 11.5. The molecule has 0 saturated heterocycles. The Balaban J connectivity index is 2.33. The second-order valence-corrected chi connectivity index (χ2v) is 6.49. The fourth-order valence-corrected chi connectivity index (χ4v) is 3.09. The second-order valence-electron chi connectivity index (χ2n) is 6.49. The summed E-state index contributed by atoms with van der Waals surface area (Å²) in [6, 6.07) is 7.53. The molecule has 4 nitrogen and oxygen atoms in total. The van der Waals surface area contributed by atoms with E-state index in [4.69, 9.17) is 4.74 Å². The van der Waals surface area contributed by atoms with Gasteiger partial charge >= 0.3 is 5.97 Å². The molecule has 0 aliphatic rings. The maximum Gasteiger partial charge on any atom is 0.308 e. The van der Waals surface area contributed by atoms with Crippen molar-refractivity contribution in [2.75, 3.05) is 0 Å². The number of para-hydroxylation sites is 1. The van der Waals surface area contributed by atoms with Crippen LogP contribution in [0.5, 0.6) is 5.75 Å². The zero-order valence-electron chi connectivity index (χ0n) is 16.0. The fourth-order valence-electron chi connectivity index (χ4n) is 3.09. The SMILES string of the molecule is CCCCCC/C=C/C(O)c1nc2ccccc2c(OC(C)=O)c1CC. The number of unbranched alkanes of at least 4 members (excludes halogenated alkanes) is 4. The van der Waals surface area contributed by atoms with E-state index in [9.17, 15) is 9.90 Å². The first-order valence-electron chi connectivity index (χ1n) is 9.53. The number of benzene rings is 1. The van der Waals surface area contributed by atoms with Crippen molar-refractivity contribution in [3.63, 3.8) is 0 Å². The van der Waals surface area contributed by atoms with Crippen LogP contribution in [-0.4, -0.2) is 16.1 Å². The van der Waals surface area contributed by atoms with Crippen molar-refractivity contribution >= 4 is 16.9 Å².